The molecule has 3 heterocycles. The predicted molar refractivity (Wildman–Crippen MR) is 88.4 cm³/mol. The van der Waals surface area contributed by atoms with Crippen molar-refractivity contribution in [1.29, 1.82) is 0 Å². The van der Waals surface area contributed by atoms with Crippen LogP contribution in [0.2, 0.25) is 0 Å². The molecule has 2 aliphatic heterocycles. The Hall–Kier alpha value is -0.460. The zero-order valence-corrected chi connectivity index (χ0v) is 14.2. The summed E-state index contributed by atoms with van der Waals surface area (Å²) in [4.78, 5) is 3.93. The number of rotatable bonds is 7. The van der Waals surface area contributed by atoms with E-state index in [1.54, 1.807) is 0 Å². The standard InChI is InChI=1S/C17H27NO3S/c1-2-16-15-6-9-22-17(15)5-7-18(16)10-13(19)11-20-12-14-4-3-8-21-14/h6,9,13-14,16,19H,2-5,7-8,10-12H2,1H3/t13-,14-,16-/m1/s1. The molecule has 0 bridgehead atoms. The van der Waals surface area contributed by atoms with Crippen molar-refractivity contribution in [1.82, 2.24) is 4.90 Å². The summed E-state index contributed by atoms with van der Waals surface area (Å²) in [6.07, 6.45) is 4.22. The molecule has 5 heteroatoms. The van der Waals surface area contributed by atoms with Gasteiger partial charge in [-0.2, -0.15) is 0 Å². The van der Waals surface area contributed by atoms with Gasteiger partial charge < -0.3 is 14.6 Å². The van der Waals surface area contributed by atoms with Crippen LogP contribution in [0, 0.1) is 0 Å². The number of fused-ring (bicyclic) bond motifs is 1. The van der Waals surface area contributed by atoms with Crippen molar-refractivity contribution in [3.05, 3.63) is 21.9 Å². The summed E-state index contributed by atoms with van der Waals surface area (Å²) in [5.41, 5.74) is 1.46. The second-order valence-corrected chi connectivity index (χ2v) is 7.30. The number of aliphatic hydroxyl groups is 1. The normalized spacial score (nSPS) is 27.0. The van der Waals surface area contributed by atoms with Crippen molar-refractivity contribution in [3.8, 4) is 0 Å². The first kappa shape index (κ1) is 16.4. The summed E-state index contributed by atoms with van der Waals surface area (Å²) in [5.74, 6) is 0. The molecule has 2 aliphatic rings. The molecule has 4 nitrogen and oxygen atoms in total. The van der Waals surface area contributed by atoms with Crippen molar-refractivity contribution in [2.24, 2.45) is 0 Å². The Morgan fingerprint density at radius 2 is 2.45 bits per heavy atom. The highest BCUT2D eigenvalue weighted by atomic mass is 32.1. The third-order valence-electron chi connectivity index (χ3n) is 4.68. The van der Waals surface area contributed by atoms with Gasteiger partial charge in [0.2, 0.25) is 0 Å². The zero-order chi connectivity index (χ0) is 15.4. The minimum absolute atomic E-state index is 0.235. The van der Waals surface area contributed by atoms with Crippen LogP contribution in [0.3, 0.4) is 0 Å². The Labute approximate surface area is 137 Å². The van der Waals surface area contributed by atoms with Crippen LogP contribution >= 0.6 is 11.3 Å². The van der Waals surface area contributed by atoms with Crippen LogP contribution in [0.4, 0.5) is 0 Å². The van der Waals surface area contributed by atoms with Gasteiger partial charge in [0.25, 0.3) is 0 Å². The number of thiophene rings is 1. The van der Waals surface area contributed by atoms with E-state index >= 15 is 0 Å². The Morgan fingerprint density at radius 1 is 1.55 bits per heavy atom. The lowest BCUT2D eigenvalue weighted by molar-refractivity contribution is -0.0295. The lowest BCUT2D eigenvalue weighted by Crippen LogP contribution is -2.41. The summed E-state index contributed by atoms with van der Waals surface area (Å²) in [7, 11) is 0. The van der Waals surface area contributed by atoms with Gasteiger partial charge in [0.05, 0.1) is 25.4 Å². The molecule has 22 heavy (non-hydrogen) atoms. The number of aliphatic hydroxyl groups excluding tert-OH is 1. The first-order valence-electron chi connectivity index (χ1n) is 8.45. The van der Waals surface area contributed by atoms with E-state index in [1.807, 2.05) is 11.3 Å². The van der Waals surface area contributed by atoms with Crippen molar-refractivity contribution < 1.29 is 14.6 Å². The lowest BCUT2D eigenvalue weighted by atomic mass is 9.97. The Balaban J connectivity index is 1.45. The van der Waals surface area contributed by atoms with Crippen molar-refractivity contribution in [3.63, 3.8) is 0 Å². The second kappa shape index (κ2) is 7.88. The summed E-state index contributed by atoms with van der Waals surface area (Å²) in [5, 5.41) is 12.5. The molecule has 124 valence electrons. The van der Waals surface area contributed by atoms with Gasteiger partial charge in [0.1, 0.15) is 0 Å². The quantitative estimate of drug-likeness (QED) is 0.837. The molecule has 0 saturated carbocycles. The van der Waals surface area contributed by atoms with E-state index in [2.05, 4.69) is 23.3 Å². The van der Waals surface area contributed by atoms with Crippen LogP contribution in [0.25, 0.3) is 0 Å². The van der Waals surface area contributed by atoms with E-state index in [0.29, 0.717) is 25.8 Å². The van der Waals surface area contributed by atoms with Gasteiger partial charge in [-0.25, -0.2) is 0 Å². The zero-order valence-electron chi connectivity index (χ0n) is 13.4. The van der Waals surface area contributed by atoms with Gasteiger partial charge in [-0.05, 0) is 42.7 Å². The number of hydrogen-bond acceptors (Lipinski definition) is 5. The highest BCUT2D eigenvalue weighted by Crippen LogP contribution is 2.35. The molecule has 0 unspecified atom stereocenters. The minimum Gasteiger partial charge on any atom is -0.389 e. The fourth-order valence-electron chi connectivity index (χ4n) is 3.58. The van der Waals surface area contributed by atoms with E-state index in [4.69, 9.17) is 9.47 Å². The van der Waals surface area contributed by atoms with Crippen LogP contribution < -0.4 is 0 Å². The maximum Gasteiger partial charge on any atom is 0.0900 e. The average Bonchev–Trinajstić information content (AvgIpc) is 3.17. The molecule has 1 N–H and O–H groups in total. The monoisotopic (exact) mass is 325 g/mol. The van der Waals surface area contributed by atoms with Crippen LogP contribution in [0.15, 0.2) is 11.4 Å². The topological polar surface area (TPSA) is 41.9 Å². The Bertz CT molecular complexity index is 459. The van der Waals surface area contributed by atoms with Gasteiger partial charge in [-0.3, -0.25) is 4.90 Å². The Kier molecular flexibility index (Phi) is 5.88. The highest BCUT2D eigenvalue weighted by molar-refractivity contribution is 7.10. The molecule has 3 atom stereocenters. The maximum atomic E-state index is 10.3. The minimum atomic E-state index is -0.421. The van der Waals surface area contributed by atoms with Gasteiger partial charge >= 0.3 is 0 Å². The highest BCUT2D eigenvalue weighted by Gasteiger charge is 2.28. The Morgan fingerprint density at radius 3 is 3.23 bits per heavy atom. The van der Waals surface area contributed by atoms with E-state index in [9.17, 15) is 5.11 Å². The first-order valence-corrected chi connectivity index (χ1v) is 9.33. The SMILES string of the molecule is CC[C@@H]1c2ccsc2CCN1C[C@@H](O)COC[C@H]1CCCO1. The van der Waals surface area contributed by atoms with Crippen LogP contribution in [0.1, 0.15) is 42.7 Å². The molecule has 0 amide bonds. The molecule has 1 fully saturated rings. The molecule has 1 aromatic rings. The third-order valence-corrected chi connectivity index (χ3v) is 5.67. The molecular weight excluding hydrogens is 298 g/mol. The van der Waals surface area contributed by atoms with E-state index in [0.717, 1.165) is 38.8 Å². The van der Waals surface area contributed by atoms with Gasteiger partial charge in [0.15, 0.2) is 0 Å². The number of β-amino-alcohol motifs (C(OH)–C–C–N with tert-alkyl or cyclic N) is 1. The summed E-state index contributed by atoms with van der Waals surface area (Å²) in [6, 6.07) is 2.70. The summed E-state index contributed by atoms with van der Waals surface area (Å²) >= 11 is 1.87. The average molecular weight is 325 g/mol. The predicted octanol–water partition coefficient (Wildman–Crippen LogP) is 2.61. The molecular formula is C17H27NO3S. The molecule has 0 radical (unpaired) electrons. The molecule has 0 spiro atoms. The van der Waals surface area contributed by atoms with Gasteiger partial charge in [-0.1, -0.05) is 6.92 Å². The molecule has 0 aromatic carbocycles. The first-order chi connectivity index (χ1) is 10.8. The van der Waals surface area contributed by atoms with Crippen LogP contribution in [-0.2, 0) is 15.9 Å². The number of hydrogen-bond donors (Lipinski definition) is 1. The van der Waals surface area contributed by atoms with Crippen molar-refractivity contribution in [2.75, 3.05) is 32.9 Å². The molecule has 3 rings (SSSR count). The van der Waals surface area contributed by atoms with E-state index < -0.39 is 6.10 Å². The molecule has 1 aromatic heterocycles. The third kappa shape index (κ3) is 3.89. The van der Waals surface area contributed by atoms with Gasteiger partial charge in [0, 0.05) is 30.6 Å². The van der Waals surface area contributed by atoms with E-state index in [-0.39, 0.29) is 6.10 Å². The van der Waals surface area contributed by atoms with E-state index in [1.165, 1.54) is 10.4 Å². The second-order valence-electron chi connectivity index (χ2n) is 6.29. The lowest BCUT2D eigenvalue weighted by Gasteiger charge is -2.36. The van der Waals surface area contributed by atoms with Crippen molar-refractivity contribution >= 4 is 11.3 Å². The summed E-state index contributed by atoms with van der Waals surface area (Å²) in [6.45, 7) is 5.83. The fraction of sp³-hybridized carbons (Fsp3) is 0.765. The molecule has 1 saturated heterocycles. The smallest absolute Gasteiger partial charge is 0.0900 e. The van der Waals surface area contributed by atoms with Crippen molar-refractivity contribution in [2.45, 2.75) is 50.9 Å². The number of ether oxygens (including phenoxy) is 2. The molecule has 0 aliphatic carbocycles. The van der Waals surface area contributed by atoms with Crippen LogP contribution in [-0.4, -0.2) is 55.1 Å². The van der Waals surface area contributed by atoms with Crippen LogP contribution in [0.5, 0.6) is 0 Å². The maximum absolute atomic E-state index is 10.3. The van der Waals surface area contributed by atoms with Gasteiger partial charge in [-0.15, -0.1) is 11.3 Å². The summed E-state index contributed by atoms with van der Waals surface area (Å²) < 4.78 is 11.2. The number of nitrogens with zero attached hydrogens (tertiary/aromatic N) is 1. The fourth-order valence-corrected chi connectivity index (χ4v) is 4.51. The largest absolute Gasteiger partial charge is 0.389 e.